The Balaban J connectivity index is 1.01. The van der Waals surface area contributed by atoms with E-state index < -0.39 is 0 Å². The number of nitrogens with zero attached hydrogens (tertiary/aromatic N) is 5. The van der Waals surface area contributed by atoms with E-state index in [1.54, 1.807) is 6.20 Å². The summed E-state index contributed by atoms with van der Waals surface area (Å²) in [6.07, 6.45) is 12.5. The Morgan fingerprint density at radius 2 is 1.60 bits per heavy atom. The van der Waals surface area contributed by atoms with Gasteiger partial charge in [0.1, 0.15) is 11.5 Å². The topological polar surface area (TPSA) is 119 Å². The maximum absolute atomic E-state index is 12.7. The van der Waals surface area contributed by atoms with Gasteiger partial charge >= 0.3 is 0 Å². The van der Waals surface area contributed by atoms with Crippen LogP contribution in [-0.2, 0) is 11.3 Å². The number of carbonyl (C=O) groups is 1. The Morgan fingerprint density at radius 1 is 0.849 bits per heavy atom. The third-order valence-electron chi connectivity index (χ3n) is 10.9. The summed E-state index contributed by atoms with van der Waals surface area (Å²) in [4.78, 5) is 31.7. The van der Waals surface area contributed by atoms with Gasteiger partial charge in [-0.15, -0.1) is 0 Å². The molecular weight excluding hydrogens is 661 g/mol. The van der Waals surface area contributed by atoms with Gasteiger partial charge in [0.05, 0.1) is 6.10 Å². The first-order chi connectivity index (χ1) is 25.9. The molecule has 10 heteroatoms. The minimum absolute atomic E-state index is 0.0928. The Hall–Kier alpha value is -4.82. The minimum Gasteiger partial charge on any atom is -0.393 e. The van der Waals surface area contributed by atoms with E-state index in [1.165, 1.54) is 12.0 Å². The van der Waals surface area contributed by atoms with Gasteiger partial charge in [-0.25, -0.2) is 9.97 Å². The molecule has 0 spiro atoms. The molecule has 2 aliphatic carbocycles. The van der Waals surface area contributed by atoms with Crippen LogP contribution in [-0.4, -0.2) is 81.6 Å². The number of anilines is 4. The number of amides is 1. The highest BCUT2D eigenvalue weighted by molar-refractivity contribution is 5.92. The highest BCUT2D eigenvalue weighted by atomic mass is 16.3. The molecule has 0 radical (unpaired) electrons. The lowest BCUT2D eigenvalue weighted by Gasteiger charge is -2.32. The molecule has 1 aliphatic heterocycles. The van der Waals surface area contributed by atoms with Crippen LogP contribution < -0.4 is 16.0 Å². The number of rotatable bonds is 10. The second-order valence-electron chi connectivity index (χ2n) is 15.0. The molecule has 276 valence electrons. The van der Waals surface area contributed by atoms with E-state index in [1.807, 2.05) is 42.6 Å². The monoisotopic (exact) mass is 712 g/mol. The van der Waals surface area contributed by atoms with Gasteiger partial charge in [0, 0.05) is 80.1 Å². The zero-order chi connectivity index (χ0) is 36.4. The number of hydrogen-bond acceptors (Lipinski definition) is 9. The van der Waals surface area contributed by atoms with Crippen molar-refractivity contribution in [1.29, 1.82) is 0 Å². The molecule has 53 heavy (non-hydrogen) atoms. The lowest BCUT2D eigenvalue weighted by atomic mass is 9.87. The van der Waals surface area contributed by atoms with Crippen LogP contribution in [0.5, 0.6) is 0 Å². The zero-order valence-corrected chi connectivity index (χ0v) is 30.9. The van der Waals surface area contributed by atoms with Crippen LogP contribution in [0, 0.1) is 23.7 Å². The minimum atomic E-state index is -0.175. The molecular formula is C43H52N8O2. The summed E-state index contributed by atoms with van der Waals surface area (Å²) in [5.41, 5.74) is 6.40. The molecule has 3 aliphatic rings. The average molecular weight is 713 g/mol. The second-order valence-corrected chi connectivity index (χ2v) is 15.0. The van der Waals surface area contributed by atoms with E-state index in [-0.39, 0.29) is 17.9 Å². The highest BCUT2D eigenvalue weighted by Gasteiger charge is 2.22. The molecule has 2 aromatic carbocycles. The molecule has 4 N–H and O–H groups in total. The second kappa shape index (κ2) is 17.8. The largest absolute Gasteiger partial charge is 0.393 e. The summed E-state index contributed by atoms with van der Waals surface area (Å²) in [7, 11) is 2.19. The van der Waals surface area contributed by atoms with Crippen molar-refractivity contribution in [3.63, 3.8) is 0 Å². The lowest BCUT2D eigenvalue weighted by molar-refractivity contribution is -0.120. The van der Waals surface area contributed by atoms with Gasteiger partial charge in [-0.2, -0.15) is 4.98 Å². The predicted molar refractivity (Wildman–Crippen MR) is 212 cm³/mol. The van der Waals surface area contributed by atoms with E-state index in [2.05, 4.69) is 73.9 Å². The number of pyridine rings is 1. The SMILES string of the molecule is CN1CCN(Cc2ccc(-c3cnc(Nc4ccc(C#Cc5cc(NC(=O)C6CCCCC6)ccn5)cc4)nc3NCC3CCC(O)CC3)cc2)CC1. The summed E-state index contributed by atoms with van der Waals surface area (Å²) in [5, 5.41) is 20.1. The number of carbonyl (C=O) groups excluding carboxylic acids is 1. The molecule has 0 unspecified atom stereocenters. The Morgan fingerprint density at radius 3 is 2.36 bits per heavy atom. The maximum Gasteiger partial charge on any atom is 0.229 e. The Kier molecular flexibility index (Phi) is 12.3. The van der Waals surface area contributed by atoms with Crippen LogP contribution >= 0.6 is 0 Å². The van der Waals surface area contributed by atoms with Crippen molar-refractivity contribution in [3.05, 3.63) is 89.9 Å². The molecule has 1 amide bonds. The van der Waals surface area contributed by atoms with Crippen molar-refractivity contribution in [1.82, 2.24) is 24.8 Å². The normalized spacial score (nSPS) is 19.9. The molecule has 0 atom stereocenters. The number of aromatic nitrogens is 3. The maximum atomic E-state index is 12.7. The van der Waals surface area contributed by atoms with Crippen LogP contribution in [0.15, 0.2) is 73.1 Å². The van der Waals surface area contributed by atoms with Crippen LogP contribution in [0.1, 0.15) is 74.6 Å². The lowest BCUT2D eigenvalue weighted by Crippen LogP contribution is -2.43. The summed E-state index contributed by atoms with van der Waals surface area (Å²) in [5.74, 6) is 8.33. The van der Waals surface area contributed by atoms with Gasteiger partial charge in [-0.3, -0.25) is 9.69 Å². The van der Waals surface area contributed by atoms with Gasteiger partial charge in [-0.1, -0.05) is 49.4 Å². The van der Waals surface area contributed by atoms with E-state index in [0.717, 1.165) is 125 Å². The first-order valence-electron chi connectivity index (χ1n) is 19.4. The molecule has 7 rings (SSSR count). The van der Waals surface area contributed by atoms with Crippen LogP contribution in [0.25, 0.3) is 11.1 Å². The van der Waals surface area contributed by atoms with Crippen LogP contribution in [0.4, 0.5) is 23.1 Å². The number of nitrogens with one attached hydrogen (secondary N) is 3. The van der Waals surface area contributed by atoms with Gasteiger partial charge < -0.3 is 26.0 Å². The van der Waals surface area contributed by atoms with Gasteiger partial charge in [-0.05, 0) is 105 Å². The molecule has 1 saturated heterocycles. The van der Waals surface area contributed by atoms with Crippen LogP contribution in [0.2, 0.25) is 0 Å². The van der Waals surface area contributed by atoms with Crippen molar-refractivity contribution in [3.8, 4) is 23.0 Å². The molecule has 3 heterocycles. The summed E-state index contributed by atoms with van der Waals surface area (Å²) < 4.78 is 0. The molecule has 3 fully saturated rings. The number of aliphatic hydroxyl groups is 1. The first-order valence-corrected chi connectivity index (χ1v) is 19.4. The van der Waals surface area contributed by atoms with Crippen LogP contribution in [0.3, 0.4) is 0 Å². The van der Waals surface area contributed by atoms with E-state index in [9.17, 15) is 9.90 Å². The quantitative estimate of drug-likeness (QED) is 0.130. The fourth-order valence-corrected chi connectivity index (χ4v) is 7.52. The summed E-state index contributed by atoms with van der Waals surface area (Å²) >= 11 is 0. The smallest absolute Gasteiger partial charge is 0.229 e. The standard InChI is InChI=1S/C43H52N8O2/c1-50-23-25-51(26-24-50)30-33-7-14-34(15-8-33)40-29-46-43(49-41(40)45-28-32-12-19-39(52)20-13-32)48-36-16-9-31(10-17-36)11-18-37-27-38(21-22-44-37)47-42(53)35-5-3-2-4-6-35/h7-10,14-17,21-22,27,29,32,35,39,52H,2-6,12-13,19-20,23-26,28,30H2,1H3,(H,44,47,53)(H2,45,46,48,49). The Labute approximate surface area is 313 Å². The average Bonchev–Trinajstić information content (AvgIpc) is 3.19. The number of likely N-dealkylation sites (N-methyl/N-ethyl adjacent to an activating group) is 1. The summed E-state index contributed by atoms with van der Waals surface area (Å²) in [6, 6.07) is 20.3. The fourth-order valence-electron chi connectivity index (χ4n) is 7.52. The number of benzene rings is 2. The van der Waals surface area contributed by atoms with E-state index in [0.29, 0.717) is 17.6 Å². The fraction of sp³-hybridized carbons (Fsp3) is 0.442. The highest BCUT2D eigenvalue weighted by Crippen LogP contribution is 2.31. The number of piperazine rings is 1. The van der Waals surface area contributed by atoms with Crippen molar-refractivity contribution >= 4 is 29.0 Å². The Bertz CT molecular complexity index is 1870. The van der Waals surface area contributed by atoms with Crippen molar-refractivity contribution in [2.24, 2.45) is 11.8 Å². The zero-order valence-electron chi connectivity index (χ0n) is 30.9. The third kappa shape index (κ3) is 10.4. The molecule has 4 aromatic rings. The van der Waals surface area contributed by atoms with Gasteiger partial charge in [0.15, 0.2) is 0 Å². The number of aliphatic hydroxyl groups excluding tert-OH is 1. The number of hydrogen-bond donors (Lipinski definition) is 4. The molecule has 10 nitrogen and oxygen atoms in total. The van der Waals surface area contributed by atoms with Crippen molar-refractivity contribution < 1.29 is 9.90 Å². The molecule has 0 bridgehead atoms. The predicted octanol–water partition coefficient (Wildman–Crippen LogP) is 6.91. The summed E-state index contributed by atoms with van der Waals surface area (Å²) in [6.45, 7) is 6.17. The molecule has 2 saturated carbocycles. The van der Waals surface area contributed by atoms with E-state index in [4.69, 9.17) is 9.97 Å². The van der Waals surface area contributed by atoms with Crippen molar-refractivity contribution in [2.45, 2.75) is 70.4 Å². The molecule has 2 aromatic heterocycles. The first kappa shape index (κ1) is 36.5. The third-order valence-corrected chi connectivity index (χ3v) is 10.9. The van der Waals surface area contributed by atoms with Crippen molar-refractivity contribution in [2.75, 3.05) is 55.7 Å². The van der Waals surface area contributed by atoms with Gasteiger partial charge in [0.25, 0.3) is 0 Å². The van der Waals surface area contributed by atoms with Gasteiger partial charge in [0.2, 0.25) is 11.9 Å². The van der Waals surface area contributed by atoms with E-state index >= 15 is 0 Å².